The van der Waals surface area contributed by atoms with Gasteiger partial charge in [-0.2, -0.15) is 8.42 Å². The maximum atomic E-state index is 13.0. The van der Waals surface area contributed by atoms with E-state index in [1.165, 1.54) is 0 Å². The highest BCUT2D eigenvalue weighted by Gasteiger charge is 2.37. The van der Waals surface area contributed by atoms with Crippen LogP contribution in [-0.2, 0) is 10.1 Å². The molecule has 2 N–H and O–H groups in total. The Bertz CT molecular complexity index is 331. The average molecular weight is 329 g/mol. The van der Waals surface area contributed by atoms with Gasteiger partial charge in [-0.3, -0.25) is 8.94 Å². The molecule has 4 nitrogen and oxygen atoms in total. The Labute approximate surface area is 115 Å². The number of hydrogen-bond donors (Lipinski definition) is 2. The first-order valence-electron chi connectivity index (χ1n) is 5.76. The lowest BCUT2D eigenvalue weighted by Crippen LogP contribution is -2.38. The maximum absolute atomic E-state index is 13.0. The minimum Gasteiger partial charge on any atom is -0.323 e. The first-order chi connectivity index (χ1) is 9.10. The molecule has 0 aliphatic carbocycles. The van der Waals surface area contributed by atoms with E-state index in [-0.39, 0.29) is 6.42 Å². The van der Waals surface area contributed by atoms with Gasteiger partial charge in [-0.1, -0.05) is 0 Å². The fourth-order valence-corrected chi connectivity index (χ4v) is 1.71. The molecule has 0 heterocycles. The van der Waals surface area contributed by atoms with Crippen LogP contribution < -0.4 is 5.32 Å². The fourth-order valence-electron chi connectivity index (χ4n) is 1.12. The van der Waals surface area contributed by atoms with Crippen molar-refractivity contribution in [3.63, 3.8) is 0 Å². The predicted octanol–water partition coefficient (Wildman–Crippen LogP) is 1.81. The van der Waals surface area contributed by atoms with E-state index in [4.69, 9.17) is 4.55 Å². The number of hydrogen-bond acceptors (Lipinski definition) is 3. The van der Waals surface area contributed by atoms with Crippen LogP contribution in [0.25, 0.3) is 0 Å². The van der Waals surface area contributed by atoms with Crippen LogP contribution in [0.4, 0.5) is 22.0 Å². The number of nitrogens with one attached hydrogen (secondary N) is 1. The molecule has 4 unspecified atom stereocenters. The van der Waals surface area contributed by atoms with Gasteiger partial charge in [0, 0.05) is 0 Å². The van der Waals surface area contributed by atoms with Gasteiger partial charge in [-0.25, -0.2) is 17.6 Å². The average Bonchev–Trinajstić information content (AvgIpc) is 2.32. The number of rotatable bonds is 8. The monoisotopic (exact) mass is 329 g/mol. The quantitative estimate of drug-likeness (QED) is 0.526. The van der Waals surface area contributed by atoms with Gasteiger partial charge in [-0.15, -0.1) is 0 Å². The van der Waals surface area contributed by atoms with Crippen molar-refractivity contribution in [2.45, 2.75) is 37.5 Å². The van der Waals surface area contributed by atoms with Gasteiger partial charge >= 0.3 is 0 Å². The predicted molar refractivity (Wildman–Crippen MR) is 66.2 cm³/mol. The third-order valence-electron chi connectivity index (χ3n) is 1.98. The normalized spacial score (nSPS) is 17.6. The number of halogens is 5. The molecule has 0 saturated heterocycles. The standard InChI is InChI=1S/C8H13F5O3S.C2H7N/c9-3-1-2-5(10)7(12)8(13)6(11)4-17(14,15)16;1-3-2/h5-8H,1-4H2,(H,14,15,16);3H,1-2H3. The van der Waals surface area contributed by atoms with Crippen LogP contribution in [-0.4, -0.2) is 64.2 Å². The summed E-state index contributed by atoms with van der Waals surface area (Å²) in [6.45, 7) is -0.922. The smallest absolute Gasteiger partial charge is 0.267 e. The first kappa shape index (κ1) is 21.8. The molecule has 4 atom stereocenters. The van der Waals surface area contributed by atoms with Crippen molar-refractivity contribution in [1.29, 1.82) is 0 Å². The number of alkyl halides is 5. The second-order valence-electron chi connectivity index (χ2n) is 4.00. The molecular weight excluding hydrogens is 309 g/mol. The lowest BCUT2D eigenvalue weighted by molar-refractivity contribution is 0.0350. The van der Waals surface area contributed by atoms with Crippen LogP contribution in [0, 0.1) is 0 Å². The first-order valence-corrected chi connectivity index (χ1v) is 7.37. The van der Waals surface area contributed by atoms with Gasteiger partial charge in [0.2, 0.25) is 0 Å². The molecule has 0 amide bonds. The van der Waals surface area contributed by atoms with Gasteiger partial charge in [0.05, 0.1) is 6.67 Å². The largest absolute Gasteiger partial charge is 0.323 e. The van der Waals surface area contributed by atoms with Crippen molar-refractivity contribution in [1.82, 2.24) is 5.32 Å². The summed E-state index contributed by atoms with van der Waals surface area (Å²) in [5, 5.41) is 2.75. The molecule has 0 rings (SSSR count). The molecule has 0 saturated carbocycles. The molecule has 0 fully saturated rings. The van der Waals surface area contributed by atoms with Crippen LogP contribution in [0.3, 0.4) is 0 Å². The van der Waals surface area contributed by atoms with Gasteiger partial charge in [0.25, 0.3) is 10.1 Å². The minimum absolute atomic E-state index is 0.344. The highest BCUT2D eigenvalue weighted by molar-refractivity contribution is 7.85. The molecule has 0 aromatic heterocycles. The third-order valence-corrected chi connectivity index (χ3v) is 2.72. The summed E-state index contributed by atoms with van der Waals surface area (Å²) >= 11 is 0. The van der Waals surface area contributed by atoms with Gasteiger partial charge in [-0.05, 0) is 26.9 Å². The van der Waals surface area contributed by atoms with Gasteiger partial charge < -0.3 is 5.32 Å². The van der Waals surface area contributed by atoms with Crippen LogP contribution in [0.1, 0.15) is 12.8 Å². The second-order valence-corrected chi connectivity index (χ2v) is 5.50. The highest BCUT2D eigenvalue weighted by atomic mass is 32.2. The summed E-state index contributed by atoms with van der Waals surface area (Å²) in [6.07, 6.45) is -12.2. The Morgan fingerprint density at radius 1 is 1.05 bits per heavy atom. The van der Waals surface area contributed by atoms with E-state index in [0.29, 0.717) is 0 Å². The fraction of sp³-hybridized carbons (Fsp3) is 1.00. The van der Waals surface area contributed by atoms with E-state index >= 15 is 0 Å². The van der Waals surface area contributed by atoms with E-state index in [0.717, 1.165) is 0 Å². The summed E-state index contributed by atoms with van der Waals surface area (Å²) in [5.74, 6) is -1.65. The molecule has 0 radical (unpaired) electrons. The third kappa shape index (κ3) is 11.4. The van der Waals surface area contributed by atoms with Crippen molar-refractivity contribution in [2.24, 2.45) is 0 Å². The van der Waals surface area contributed by atoms with Crippen molar-refractivity contribution >= 4 is 10.1 Å². The molecule has 0 bridgehead atoms. The van der Waals surface area contributed by atoms with Crippen molar-refractivity contribution in [3.05, 3.63) is 0 Å². The van der Waals surface area contributed by atoms with Crippen LogP contribution in [0.2, 0.25) is 0 Å². The summed E-state index contributed by atoms with van der Waals surface area (Å²) < 4.78 is 91.8. The Balaban J connectivity index is 0. The van der Waals surface area contributed by atoms with Crippen LogP contribution in [0.5, 0.6) is 0 Å². The van der Waals surface area contributed by atoms with Crippen LogP contribution >= 0.6 is 0 Å². The van der Waals surface area contributed by atoms with Gasteiger partial charge in [0.15, 0.2) is 18.5 Å². The van der Waals surface area contributed by atoms with E-state index in [9.17, 15) is 30.4 Å². The molecule has 0 aliphatic rings. The minimum atomic E-state index is -4.81. The lowest BCUT2D eigenvalue weighted by atomic mass is 10.0. The zero-order chi connectivity index (χ0) is 16.3. The second kappa shape index (κ2) is 11.2. The van der Waals surface area contributed by atoms with E-state index in [1.54, 1.807) is 0 Å². The van der Waals surface area contributed by atoms with E-state index in [2.05, 4.69) is 5.32 Å². The van der Waals surface area contributed by atoms with Crippen molar-refractivity contribution in [3.8, 4) is 0 Å². The summed E-state index contributed by atoms with van der Waals surface area (Å²) in [6, 6.07) is 0. The molecular formula is C10H20F5NO3S. The molecule has 0 aromatic rings. The lowest BCUT2D eigenvalue weighted by Gasteiger charge is -2.19. The Hall–Kier alpha value is -0.480. The highest BCUT2D eigenvalue weighted by Crippen LogP contribution is 2.21. The summed E-state index contributed by atoms with van der Waals surface area (Å²) in [7, 11) is -1.06. The maximum Gasteiger partial charge on any atom is 0.267 e. The molecule has 0 spiro atoms. The zero-order valence-corrected chi connectivity index (χ0v) is 12.0. The SMILES string of the molecule is CNC.O=S(=O)(O)CC(F)C(F)C(F)C(F)CCCF. The molecule has 20 heavy (non-hydrogen) atoms. The Morgan fingerprint density at radius 2 is 1.45 bits per heavy atom. The molecule has 0 aromatic carbocycles. The molecule has 124 valence electrons. The van der Waals surface area contributed by atoms with Crippen molar-refractivity contribution in [2.75, 3.05) is 26.5 Å². The Morgan fingerprint density at radius 3 is 1.80 bits per heavy atom. The topological polar surface area (TPSA) is 66.4 Å². The summed E-state index contributed by atoms with van der Waals surface area (Å²) in [5.41, 5.74) is 0. The van der Waals surface area contributed by atoms with E-state index < -0.39 is 53.7 Å². The Kier molecular flexibility index (Phi) is 12.2. The van der Waals surface area contributed by atoms with E-state index in [1.807, 2.05) is 14.1 Å². The van der Waals surface area contributed by atoms with Crippen LogP contribution in [0.15, 0.2) is 0 Å². The molecule has 10 heteroatoms. The van der Waals surface area contributed by atoms with Crippen molar-refractivity contribution < 1.29 is 34.9 Å². The van der Waals surface area contributed by atoms with Gasteiger partial charge in [0.1, 0.15) is 11.9 Å². The molecule has 0 aliphatic heterocycles. The zero-order valence-electron chi connectivity index (χ0n) is 11.2. The summed E-state index contributed by atoms with van der Waals surface area (Å²) in [4.78, 5) is 0.